The Morgan fingerprint density at radius 2 is 2.35 bits per heavy atom. The summed E-state index contributed by atoms with van der Waals surface area (Å²) in [6, 6.07) is 0.543. The molecule has 0 spiro atoms. The van der Waals surface area contributed by atoms with Crippen LogP contribution in [0.2, 0.25) is 0 Å². The monoisotopic (exact) mass is 254 g/mol. The van der Waals surface area contributed by atoms with Gasteiger partial charge in [0.25, 0.3) is 0 Å². The first-order valence-electron chi connectivity index (χ1n) is 5.85. The summed E-state index contributed by atoms with van der Waals surface area (Å²) in [5.41, 5.74) is 7.03. The molecule has 3 N–H and O–H groups in total. The molecule has 17 heavy (non-hydrogen) atoms. The van der Waals surface area contributed by atoms with Crippen LogP contribution < -0.4 is 11.1 Å². The van der Waals surface area contributed by atoms with Crippen molar-refractivity contribution in [3.8, 4) is 0 Å². The quantitative estimate of drug-likeness (QED) is 0.786. The fraction of sp³-hybridized carbons (Fsp3) is 0.636. The van der Waals surface area contributed by atoms with Crippen molar-refractivity contribution in [3.63, 3.8) is 0 Å². The van der Waals surface area contributed by atoms with Gasteiger partial charge in [-0.1, -0.05) is 0 Å². The molecule has 1 aromatic rings. The van der Waals surface area contributed by atoms with E-state index in [1.165, 1.54) is 4.88 Å². The molecule has 2 rings (SSSR count). The normalized spacial score (nSPS) is 18.4. The van der Waals surface area contributed by atoms with Crippen molar-refractivity contribution in [2.24, 2.45) is 5.73 Å². The van der Waals surface area contributed by atoms with Crippen LogP contribution in [-0.2, 0) is 11.3 Å². The van der Waals surface area contributed by atoms with Gasteiger partial charge < -0.3 is 11.1 Å². The molecule has 1 fully saturated rings. The van der Waals surface area contributed by atoms with Gasteiger partial charge in [-0.05, 0) is 12.8 Å². The minimum Gasteiger partial charge on any atom is -0.369 e. The van der Waals surface area contributed by atoms with E-state index in [1.807, 2.05) is 11.7 Å². The maximum Gasteiger partial charge on any atom is 0.231 e. The van der Waals surface area contributed by atoms with Crippen LogP contribution in [0.1, 0.15) is 17.7 Å². The molecule has 1 aliphatic rings. The number of amides is 1. The molecule has 1 aromatic heterocycles. The largest absolute Gasteiger partial charge is 0.369 e. The molecule has 1 saturated heterocycles. The van der Waals surface area contributed by atoms with E-state index in [9.17, 15) is 4.79 Å². The Morgan fingerprint density at radius 3 is 2.94 bits per heavy atom. The molecule has 2 heterocycles. The fourth-order valence-corrected chi connectivity index (χ4v) is 2.64. The number of thiazole rings is 1. The van der Waals surface area contributed by atoms with Gasteiger partial charge in [0.05, 0.1) is 12.1 Å². The highest BCUT2D eigenvalue weighted by atomic mass is 32.1. The van der Waals surface area contributed by atoms with Gasteiger partial charge in [0.1, 0.15) is 0 Å². The van der Waals surface area contributed by atoms with Crippen molar-refractivity contribution < 1.29 is 4.79 Å². The van der Waals surface area contributed by atoms with E-state index in [1.54, 1.807) is 11.3 Å². The number of piperidine rings is 1. The van der Waals surface area contributed by atoms with Gasteiger partial charge in [-0.2, -0.15) is 0 Å². The maximum absolute atomic E-state index is 10.8. The average molecular weight is 254 g/mol. The van der Waals surface area contributed by atoms with Crippen LogP contribution in [0.3, 0.4) is 0 Å². The zero-order valence-electron chi connectivity index (χ0n) is 9.76. The zero-order chi connectivity index (χ0) is 12.1. The van der Waals surface area contributed by atoms with Crippen molar-refractivity contribution in [2.45, 2.75) is 25.4 Å². The van der Waals surface area contributed by atoms with Crippen LogP contribution in [0, 0.1) is 0 Å². The van der Waals surface area contributed by atoms with Gasteiger partial charge in [0, 0.05) is 36.8 Å². The van der Waals surface area contributed by atoms with Gasteiger partial charge in [-0.25, -0.2) is 0 Å². The van der Waals surface area contributed by atoms with Crippen molar-refractivity contribution in [3.05, 3.63) is 16.6 Å². The molecule has 0 saturated carbocycles. The van der Waals surface area contributed by atoms with Crippen LogP contribution in [0.15, 0.2) is 11.7 Å². The summed E-state index contributed by atoms with van der Waals surface area (Å²) in [6.45, 7) is 3.18. The van der Waals surface area contributed by atoms with Crippen molar-refractivity contribution >= 4 is 17.2 Å². The van der Waals surface area contributed by atoms with E-state index in [2.05, 4.69) is 15.2 Å². The Kier molecular flexibility index (Phi) is 4.47. The molecule has 0 unspecified atom stereocenters. The topological polar surface area (TPSA) is 71.2 Å². The fourth-order valence-electron chi connectivity index (χ4n) is 2.09. The SMILES string of the molecule is NC(=O)CN1CCC(NCc2cncs2)CC1. The Labute approximate surface area is 105 Å². The number of nitrogens with two attached hydrogens (primary N) is 1. The molecule has 0 bridgehead atoms. The number of nitrogens with zero attached hydrogens (tertiary/aromatic N) is 2. The molecule has 1 amide bonds. The van der Waals surface area contributed by atoms with E-state index in [0.717, 1.165) is 32.5 Å². The number of nitrogens with one attached hydrogen (secondary N) is 1. The highest BCUT2D eigenvalue weighted by Gasteiger charge is 2.19. The molecule has 0 radical (unpaired) electrons. The van der Waals surface area contributed by atoms with Crippen molar-refractivity contribution in [1.29, 1.82) is 0 Å². The van der Waals surface area contributed by atoms with Crippen LogP contribution in [0.4, 0.5) is 0 Å². The third-order valence-corrected chi connectivity index (χ3v) is 3.80. The number of carbonyl (C=O) groups excluding carboxylic acids is 1. The first-order valence-corrected chi connectivity index (χ1v) is 6.73. The predicted octanol–water partition coefficient (Wildman–Crippen LogP) is 0.182. The molecule has 94 valence electrons. The number of likely N-dealkylation sites (tertiary alicyclic amines) is 1. The van der Waals surface area contributed by atoms with E-state index < -0.39 is 0 Å². The highest BCUT2D eigenvalue weighted by Crippen LogP contribution is 2.12. The molecule has 0 atom stereocenters. The lowest BCUT2D eigenvalue weighted by atomic mass is 10.1. The van der Waals surface area contributed by atoms with Crippen LogP contribution >= 0.6 is 11.3 Å². The lowest BCUT2D eigenvalue weighted by Gasteiger charge is -2.31. The summed E-state index contributed by atoms with van der Waals surface area (Å²) in [5, 5.41) is 3.53. The zero-order valence-corrected chi connectivity index (χ0v) is 10.6. The summed E-state index contributed by atoms with van der Waals surface area (Å²) < 4.78 is 0. The Balaban J connectivity index is 1.67. The molecule has 6 heteroatoms. The highest BCUT2D eigenvalue weighted by molar-refractivity contribution is 7.09. The van der Waals surface area contributed by atoms with Crippen molar-refractivity contribution in [1.82, 2.24) is 15.2 Å². The molecule has 0 aromatic carbocycles. The van der Waals surface area contributed by atoms with Crippen LogP contribution in [0.25, 0.3) is 0 Å². The van der Waals surface area contributed by atoms with Crippen molar-refractivity contribution in [2.75, 3.05) is 19.6 Å². The lowest BCUT2D eigenvalue weighted by Crippen LogP contribution is -2.45. The van der Waals surface area contributed by atoms with Gasteiger partial charge >= 0.3 is 0 Å². The lowest BCUT2D eigenvalue weighted by molar-refractivity contribution is -0.119. The number of aromatic nitrogens is 1. The smallest absolute Gasteiger partial charge is 0.231 e. The standard InChI is InChI=1S/C11H18N4OS/c12-11(16)7-15-3-1-9(2-4-15)14-6-10-5-13-8-17-10/h5,8-9,14H,1-4,6-7H2,(H2,12,16). The number of hydrogen-bond donors (Lipinski definition) is 2. The molecule has 1 aliphatic heterocycles. The summed E-state index contributed by atoms with van der Waals surface area (Å²) in [5.74, 6) is -0.235. The Bertz CT molecular complexity index is 346. The second-order valence-corrected chi connectivity index (χ2v) is 5.34. The second kappa shape index (κ2) is 6.09. The molecule has 0 aliphatic carbocycles. The Morgan fingerprint density at radius 1 is 1.59 bits per heavy atom. The minimum absolute atomic E-state index is 0.235. The third-order valence-electron chi connectivity index (χ3n) is 3.02. The van der Waals surface area contributed by atoms with Crippen LogP contribution in [-0.4, -0.2) is 41.5 Å². The number of carbonyl (C=O) groups is 1. The minimum atomic E-state index is -0.235. The Hall–Kier alpha value is -0.980. The van der Waals surface area contributed by atoms with E-state index in [0.29, 0.717) is 12.6 Å². The summed E-state index contributed by atoms with van der Waals surface area (Å²) >= 11 is 1.68. The van der Waals surface area contributed by atoms with E-state index >= 15 is 0 Å². The van der Waals surface area contributed by atoms with Gasteiger partial charge in [0.2, 0.25) is 5.91 Å². The first-order chi connectivity index (χ1) is 8.24. The van der Waals surface area contributed by atoms with Gasteiger partial charge in [-0.15, -0.1) is 11.3 Å². The molecular weight excluding hydrogens is 236 g/mol. The maximum atomic E-state index is 10.8. The van der Waals surface area contributed by atoms with Gasteiger partial charge in [-0.3, -0.25) is 14.7 Å². The average Bonchev–Trinajstić information content (AvgIpc) is 2.80. The van der Waals surface area contributed by atoms with E-state index in [4.69, 9.17) is 5.73 Å². The van der Waals surface area contributed by atoms with E-state index in [-0.39, 0.29) is 5.91 Å². The first kappa shape index (κ1) is 12.5. The van der Waals surface area contributed by atoms with Gasteiger partial charge in [0.15, 0.2) is 0 Å². The summed E-state index contributed by atoms with van der Waals surface area (Å²) in [7, 11) is 0. The summed E-state index contributed by atoms with van der Waals surface area (Å²) in [6.07, 6.45) is 4.05. The number of primary amides is 1. The molecule has 5 nitrogen and oxygen atoms in total. The second-order valence-electron chi connectivity index (χ2n) is 4.37. The predicted molar refractivity (Wildman–Crippen MR) is 67.6 cm³/mol. The number of rotatable bonds is 5. The molecular formula is C11H18N4OS. The van der Waals surface area contributed by atoms with Crippen LogP contribution in [0.5, 0.6) is 0 Å². The third kappa shape index (κ3) is 4.07. The number of hydrogen-bond acceptors (Lipinski definition) is 5. The summed E-state index contributed by atoms with van der Waals surface area (Å²) in [4.78, 5) is 18.2.